The molecule has 0 heterocycles. The number of nitrogens with zero attached hydrogens (tertiary/aromatic N) is 14. The van der Waals surface area contributed by atoms with Gasteiger partial charge in [0.25, 0.3) is 0 Å². The molecule has 0 bridgehead atoms. The van der Waals surface area contributed by atoms with Crippen LogP contribution in [0.4, 0.5) is 0 Å². The predicted octanol–water partition coefficient (Wildman–Crippen LogP) is 0.180. The van der Waals surface area contributed by atoms with Crippen LogP contribution in [-0.2, 0) is 0 Å². The molecule has 0 rings (SSSR count). The van der Waals surface area contributed by atoms with Gasteiger partial charge in [-0.15, -0.1) is 0 Å². The van der Waals surface area contributed by atoms with E-state index in [0.29, 0.717) is 6.29 Å². The van der Waals surface area contributed by atoms with Gasteiger partial charge >= 0.3 is 0 Å². The molecule has 0 aromatic heterocycles. The Kier molecular flexibility index (Phi) is 46.8. The first-order valence-corrected chi connectivity index (χ1v) is 16.6. The van der Waals surface area contributed by atoms with Crippen LogP contribution in [0, 0.1) is 0 Å². The van der Waals surface area contributed by atoms with Crippen molar-refractivity contribution in [2.45, 2.75) is 6.29 Å². The lowest BCUT2D eigenvalue weighted by atomic mass is 10.6. The molecule has 0 aromatic rings. The number of hydrogen-bond acceptors (Lipinski definition) is 14. The van der Waals surface area contributed by atoms with E-state index in [1.165, 1.54) is 0 Å². The highest BCUT2D eigenvalue weighted by Crippen LogP contribution is 1.98. The second-order valence-corrected chi connectivity index (χ2v) is 15.9. The molecule has 0 spiro atoms. The van der Waals surface area contributed by atoms with Crippen molar-refractivity contribution in [1.29, 1.82) is 0 Å². The SMILES string of the molecule is CN(C)C.CN(C)C.CN(C)C(N(C)C)N(C)C.CN(C)CN(C)C.CN(C)CN(C)CN(C)C.CN(C)CN(CN(C)C)CN(C)C. The number of hydrogen-bond donors (Lipinski definition) is 0. The first kappa shape index (κ1) is 59.6. The average molecular weight is 699 g/mol. The summed E-state index contributed by atoms with van der Waals surface area (Å²) in [4.78, 5) is 30.2. The Balaban J connectivity index is -0.000000115. The highest BCUT2D eigenvalue weighted by Gasteiger charge is 2.14. The van der Waals surface area contributed by atoms with Crippen LogP contribution in [0.5, 0.6) is 0 Å². The van der Waals surface area contributed by atoms with E-state index in [4.69, 9.17) is 0 Å². The fraction of sp³-hybridized carbons (Fsp3) is 1.00. The van der Waals surface area contributed by atoms with E-state index in [1.54, 1.807) is 0 Å². The standard InChI is InChI=1S/C9H24N4.2C7H19N3.C5H14N2.2C3H9N/c1-10(2)7-13(8-11(3)4)9-12(5)6;1-8(2)7(9(3)4)10(5)6;1-8(2)6-10(5)7-9(3)4;1-6(2)5-7(3)4;2*1-4(2)3/h7-9H2,1-6H3;7H,1-6H3;6-7H2,1-5H3;5H2,1-4H3;2*1-3H3. The molecular weight excluding hydrogens is 604 g/mol. The lowest BCUT2D eigenvalue weighted by Gasteiger charge is -2.35. The topological polar surface area (TPSA) is 45.4 Å². The van der Waals surface area contributed by atoms with Crippen molar-refractivity contribution in [2.24, 2.45) is 0 Å². The van der Waals surface area contributed by atoms with Gasteiger partial charge in [-0.05, 0) is 190 Å². The minimum absolute atomic E-state index is 0.389. The van der Waals surface area contributed by atoms with E-state index in [2.05, 4.69) is 207 Å². The molecule has 0 amide bonds. The Bertz CT molecular complexity index is 526. The zero-order chi connectivity index (χ0) is 39.9. The van der Waals surface area contributed by atoms with Crippen LogP contribution >= 0.6 is 0 Å². The molecule has 0 saturated carbocycles. The zero-order valence-corrected chi connectivity index (χ0v) is 38.1. The summed E-state index contributed by atoms with van der Waals surface area (Å²) in [5.74, 6) is 0. The van der Waals surface area contributed by atoms with Crippen LogP contribution in [0.2, 0.25) is 0 Å². The molecule has 300 valence electrons. The lowest BCUT2D eigenvalue weighted by molar-refractivity contribution is 0.00961. The average Bonchev–Trinajstić information content (AvgIpc) is 2.75. The van der Waals surface area contributed by atoms with Gasteiger partial charge in [-0.3, -0.25) is 58.8 Å². The molecule has 0 aliphatic heterocycles. The maximum Gasteiger partial charge on any atom is 0.118 e. The molecule has 0 N–H and O–H groups in total. The normalized spacial score (nSPS) is 11.6. The highest BCUT2D eigenvalue weighted by atomic mass is 15.5. The van der Waals surface area contributed by atoms with Gasteiger partial charge in [0, 0.05) is 6.67 Å². The van der Waals surface area contributed by atoms with Gasteiger partial charge in [-0.2, -0.15) is 0 Å². The Hall–Kier alpha value is -0.560. The first-order chi connectivity index (χ1) is 21.5. The third-order valence-electron chi connectivity index (χ3n) is 4.45. The summed E-state index contributed by atoms with van der Waals surface area (Å²) in [6, 6.07) is 0. The monoisotopic (exact) mass is 699 g/mol. The van der Waals surface area contributed by atoms with Crippen molar-refractivity contribution >= 4 is 0 Å². The van der Waals surface area contributed by atoms with Crippen molar-refractivity contribution < 1.29 is 0 Å². The van der Waals surface area contributed by atoms with Crippen molar-refractivity contribution in [1.82, 2.24) is 68.6 Å². The van der Waals surface area contributed by atoms with Crippen LogP contribution < -0.4 is 0 Å². The van der Waals surface area contributed by atoms with Gasteiger partial charge in [-0.1, -0.05) is 0 Å². The van der Waals surface area contributed by atoms with Crippen molar-refractivity contribution in [3.63, 3.8) is 0 Å². The van der Waals surface area contributed by atoms with Crippen LogP contribution in [-0.4, -0.2) is 305 Å². The molecule has 0 unspecified atom stereocenters. The fourth-order valence-electron chi connectivity index (χ4n) is 4.30. The van der Waals surface area contributed by atoms with Crippen molar-refractivity contribution in [3.05, 3.63) is 0 Å². The Labute approximate surface area is 304 Å². The maximum absolute atomic E-state index is 2.38. The second-order valence-electron chi connectivity index (χ2n) is 15.9. The van der Waals surface area contributed by atoms with E-state index in [1.807, 2.05) is 52.1 Å². The molecule has 14 nitrogen and oxygen atoms in total. The molecule has 0 aromatic carbocycles. The Morgan fingerprint density at radius 3 is 0.500 bits per heavy atom. The molecule has 0 aliphatic carbocycles. The smallest absolute Gasteiger partial charge is 0.118 e. The minimum Gasteiger partial charge on any atom is -0.312 e. The van der Waals surface area contributed by atoms with Crippen LogP contribution in [0.3, 0.4) is 0 Å². The van der Waals surface area contributed by atoms with E-state index in [0.717, 1.165) is 40.0 Å². The summed E-state index contributed by atoms with van der Waals surface area (Å²) in [6.45, 7) is 6.04. The molecule has 0 radical (unpaired) electrons. The molecule has 48 heavy (non-hydrogen) atoms. The summed E-state index contributed by atoms with van der Waals surface area (Å²) in [5.41, 5.74) is 0. The van der Waals surface area contributed by atoms with E-state index in [-0.39, 0.29) is 0 Å². The molecule has 14 heteroatoms. The minimum atomic E-state index is 0.389. The number of rotatable bonds is 15. The third-order valence-corrected chi connectivity index (χ3v) is 4.45. The Morgan fingerprint density at radius 2 is 0.417 bits per heavy atom. The lowest BCUT2D eigenvalue weighted by Crippen LogP contribution is -2.50. The predicted molar refractivity (Wildman–Crippen MR) is 219 cm³/mol. The van der Waals surface area contributed by atoms with Gasteiger partial charge in [-0.25, -0.2) is 0 Å². The summed E-state index contributed by atoms with van der Waals surface area (Å²) in [6.07, 6.45) is 0.389. The highest BCUT2D eigenvalue weighted by molar-refractivity contribution is 4.58. The van der Waals surface area contributed by atoms with E-state index in [9.17, 15) is 0 Å². The maximum atomic E-state index is 2.38. The molecular formula is C34H94N14. The van der Waals surface area contributed by atoms with Crippen LogP contribution in [0.15, 0.2) is 0 Å². The molecule has 0 saturated heterocycles. The summed E-state index contributed by atoms with van der Waals surface area (Å²) >= 11 is 0. The zero-order valence-electron chi connectivity index (χ0n) is 38.1. The van der Waals surface area contributed by atoms with Crippen LogP contribution in [0.25, 0.3) is 0 Å². The van der Waals surface area contributed by atoms with E-state index >= 15 is 0 Å². The van der Waals surface area contributed by atoms with Gasteiger partial charge in [0.05, 0.1) is 33.3 Å². The van der Waals surface area contributed by atoms with E-state index < -0.39 is 0 Å². The summed E-state index contributed by atoms with van der Waals surface area (Å²) < 4.78 is 0. The van der Waals surface area contributed by atoms with Gasteiger partial charge in [0.2, 0.25) is 0 Å². The first-order valence-electron chi connectivity index (χ1n) is 16.6. The summed E-state index contributed by atoms with van der Waals surface area (Å²) in [7, 11) is 55.7. The fourth-order valence-corrected chi connectivity index (χ4v) is 4.30. The van der Waals surface area contributed by atoms with Gasteiger partial charge in [0.15, 0.2) is 0 Å². The summed E-state index contributed by atoms with van der Waals surface area (Å²) in [5, 5.41) is 0. The van der Waals surface area contributed by atoms with Crippen molar-refractivity contribution in [3.8, 4) is 0 Å². The van der Waals surface area contributed by atoms with Crippen LogP contribution in [0.1, 0.15) is 0 Å². The van der Waals surface area contributed by atoms with Gasteiger partial charge < -0.3 is 9.80 Å². The van der Waals surface area contributed by atoms with Gasteiger partial charge in [0.1, 0.15) is 6.29 Å². The molecule has 0 aliphatic rings. The quantitative estimate of drug-likeness (QED) is 0.219. The largest absolute Gasteiger partial charge is 0.312 e. The second kappa shape index (κ2) is 37.7. The Morgan fingerprint density at radius 1 is 0.250 bits per heavy atom. The third kappa shape index (κ3) is 71.4. The molecule has 0 fully saturated rings. The van der Waals surface area contributed by atoms with Crippen molar-refractivity contribution in [2.75, 3.05) is 230 Å². The molecule has 0 atom stereocenters.